The van der Waals surface area contributed by atoms with Crippen LogP contribution >= 0.6 is 15.9 Å². The average molecular weight is 563 g/mol. The second-order valence-corrected chi connectivity index (χ2v) is 10.0. The van der Waals surface area contributed by atoms with E-state index >= 15 is 0 Å². The molecule has 0 unspecified atom stereocenters. The van der Waals surface area contributed by atoms with Crippen LogP contribution in [0.25, 0.3) is 33.6 Å². The highest BCUT2D eigenvalue weighted by molar-refractivity contribution is 9.10. The van der Waals surface area contributed by atoms with Gasteiger partial charge in [-0.2, -0.15) is 0 Å². The highest BCUT2D eigenvalue weighted by Gasteiger charge is 2.26. The lowest BCUT2D eigenvalue weighted by molar-refractivity contribution is -0.121. The van der Waals surface area contributed by atoms with Gasteiger partial charge in [0.15, 0.2) is 6.61 Å². The molecule has 2 heterocycles. The molecule has 0 fully saturated rings. The molecule has 1 aliphatic rings. The first-order chi connectivity index (χ1) is 18.5. The molecule has 1 aromatic heterocycles. The minimum absolute atomic E-state index is 0.0154. The molecule has 4 aromatic carbocycles. The molecular formula is C32H23BrN2O3. The van der Waals surface area contributed by atoms with Crippen molar-refractivity contribution in [2.75, 3.05) is 11.5 Å². The summed E-state index contributed by atoms with van der Waals surface area (Å²) in [4.78, 5) is 19.7. The predicted octanol–water partition coefficient (Wildman–Crippen LogP) is 7.48. The molecule has 0 saturated heterocycles. The highest BCUT2D eigenvalue weighted by Crippen LogP contribution is 2.38. The van der Waals surface area contributed by atoms with Crippen LogP contribution in [-0.2, 0) is 11.3 Å². The molecule has 0 aliphatic carbocycles. The molecule has 1 aliphatic heterocycles. The average Bonchev–Trinajstić information content (AvgIpc) is 2.95. The molecule has 38 heavy (non-hydrogen) atoms. The zero-order chi connectivity index (χ0) is 26.1. The molecule has 186 valence electrons. The summed E-state index contributed by atoms with van der Waals surface area (Å²) in [7, 11) is 0. The van der Waals surface area contributed by atoms with Crippen molar-refractivity contribution in [2.45, 2.75) is 6.54 Å². The van der Waals surface area contributed by atoms with Crippen molar-refractivity contribution >= 4 is 27.5 Å². The molecule has 6 heteroatoms. The number of aromatic nitrogens is 1. The lowest BCUT2D eigenvalue weighted by Gasteiger charge is -2.30. The fourth-order valence-corrected chi connectivity index (χ4v) is 4.83. The van der Waals surface area contributed by atoms with Crippen molar-refractivity contribution in [2.24, 2.45) is 0 Å². The lowest BCUT2D eigenvalue weighted by atomic mass is 9.99. The number of hydrogen-bond acceptors (Lipinski definition) is 4. The first-order valence-electron chi connectivity index (χ1n) is 12.2. The van der Waals surface area contributed by atoms with Gasteiger partial charge in [0.2, 0.25) is 0 Å². The van der Waals surface area contributed by atoms with Crippen LogP contribution in [0.1, 0.15) is 5.56 Å². The van der Waals surface area contributed by atoms with Crippen LogP contribution in [0, 0.1) is 0 Å². The number of carbonyl (C=O) groups excluding carboxylic acids is 1. The Morgan fingerprint density at radius 2 is 1.42 bits per heavy atom. The van der Waals surface area contributed by atoms with Gasteiger partial charge in [-0.1, -0.05) is 70.5 Å². The molecule has 6 rings (SSSR count). The number of ether oxygens (including phenoxy) is 1. The Hall–Kier alpha value is -4.42. The summed E-state index contributed by atoms with van der Waals surface area (Å²) in [6.07, 6.45) is 0. The van der Waals surface area contributed by atoms with E-state index in [-0.39, 0.29) is 18.3 Å². The molecule has 0 spiro atoms. The van der Waals surface area contributed by atoms with Crippen molar-refractivity contribution in [3.8, 4) is 45.1 Å². The van der Waals surface area contributed by atoms with Gasteiger partial charge in [-0.3, -0.25) is 4.79 Å². The number of phenolic OH excluding ortho intramolecular Hbond substituents is 1. The molecule has 5 nitrogen and oxygen atoms in total. The summed E-state index contributed by atoms with van der Waals surface area (Å²) < 4.78 is 6.76. The van der Waals surface area contributed by atoms with Crippen LogP contribution < -0.4 is 9.64 Å². The van der Waals surface area contributed by atoms with Gasteiger partial charge in [0.25, 0.3) is 5.91 Å². The van der Waals surface area contributed by atoms with Gasteiger partial charge in [0.05, 0.1) is 23.6 Å². The third kappa shape index (κ3) is 4.91. The van der Waals surface area contributed by atoms with Gasteiger partial charge in [0.1, 0.15) is 11.5 Å². The van der Waals surface area contributed by atoms with E-state index in [0.29, 0.717) is 12.3 Å². The quantitative estimate of drug-likeness (QED) is 0.241. The van der Waals surface area contributed by atoms with Crippen LogP contribution in [0.3, 0.4) is 0 Å². The van der Waals surface area contributed by atoms with Gasteiger partial charge in [-0.05, 0) is 71.3 Å². The third-order valence-electron chi connectivity index (χ3n) is 6.55. The Kier molecular flexibility index (Phi) is 6.40. The Morgan fingerprint density at radius 3 is 2.16 bits per heavy atom. The second kappa shape index (κ2) is 10.1. The number of anilines is 1. The summed E-state index contributed by atoms with van der Waals surface area (Å²) in [5.74, 6) is 0.806. The van der Waals surface area contributed by atoms with Crippen LogP contribution in [0.15, 0.2) is 114 Å². The largest absolute Gasteiger partial charge is 0.508 e. The Bertz CT molecular complexity index is 1550. The van der Waals surface area contributed by atoms with Crippen LogP contribution in [0.5, 0.6) is 11.5 Å². The number of benzene rings is 4. The molecule has 0 bridgehead atoms. The van der Waals surface area contributed by atoms with E-state index in [0.717, 1.165) is 49.4 Å². The van der Waals surface area contributed by atoms with Crippen LogP contribution in [0.4, 0.5) is 5.69 Å². The normalized spacial score (nSPS) is 12.7. The lowest BCUT2D eigenvalue weighted by Crippen LogP contribution is -2.38. The number of phenols is 1. The van der Waals surface area contributed by atoms with E-state index in [1.54, 1.807) is 17.0 Å². The molecule has 0 saturated carbocycles. The van der Waals surface area contributed by atoms with E-state index in [1.165, 1.54) is 0 Å². The number of nitrogens with zero attached hydrogens (tertiary/aromatic N) is 2. The number of aromatic hydroxyl groups is 1. The molecular weight excluding hydrogens is 540 g/mol. The maximum Gasteiger partial charge on any atom is 0.265 e. The number of carbonyl (C=O) groups is 1. The number of pyridine rings is 1. The zero-order valence-electron chi connectivity index (χ0n) is 20.3. The van der Waals surface area contributed by atoms with E-state index in [4.69, 9.17) is 9.72 Å². The van der Waals surface area contributed by atoms with Gasteiger partial charge < -0.3 is 14.7 Å². The molecule has 1 amide bonds. The fraction of sp³-hybridized carbons (Fsp3) is 0.0625. The van der Waals surface area contributed by atoms with E-state index in [9.17, 15) is 9.90 Å². The summed E-state index contributed by atoms with van der Waals surface area (Å²) >= 11 is 3.51. The standard InChI is InChI=1S/C32H23BrN2O3/c33-26-11-6-23(7-12-26)28-16-25(22-8-13-27(36)14-9-22)17-29(34-28)24-10-15-31-30(18-24)35(32(37)20-38-31)19-21-4-2-1-3-5-21/h1-18,36H,19-20H2. The second-order valence-electron chi connectivity index (χ2n) is 9.12. The monoisotopic (exact) mass is 562 g/mol. The molecule has 0 atom stereocenters. The minimum atomic E-state index is -0.0835. The topological polar surface area (TPSA) is 62.7 Å². The van der Waals surface area contributed by atoms with Gasteiger partial charge >= 0.3 is 0 Å². The van der Waals surface area contributed by atoms with Crippen molar-refractivity contribution in [3.63, 3.8) is 0 Å². The summed E-state index contributed by atoms with van der Waals surface area (Å²) in [6, 6.07) is 35.0. The molecule has 0 radical (unpaired) electrons. The van der Waals surface area contributed by atoms with E-state index in [2.05, 4.69) is 15.9 Å². The minimum Gasteiger partial charge on any atom is -0.508 e. The van der Waals surface area contributed by atoms with Crippen molar-refractivity contribution in [1.29, 1.82) is 0 Å². The number of hydrogen-bond donors (Lipinski definition) is 1. The number of amides is 1. The zero-order valence-corrected chi connectivity index (χ0v) is 21.9. The number of rotatable bonds is 5. The Labute approximate surface area is 229 Å². The first kappa shape index (κ1) is 23.9. The Balaban J connectivity index is 1.46. The van der Waals surface area contributed by atoms with E-state index in [1.807, 2.05) is 97.1 Å². The maximum absolute atomic E-state index is 12.9. The third-order valence-corrected chi connectivity index (χ3v) is 7.08. The smallest absolute Gasteiger partial charge is 0.265 e. The SMILES string of the molecule is O=C1COc2ccc(-c3cc(-c4ccc(O)cc4)cc(-c4ccc(Br)cc4)n3)cc2N1Cc1ccccc1. The van der Waals surface area contributed by atoms with Crippen molar-refractivity contribution in [3.05, 3.63) is 119 Å². The van der Waals surface area contributed by atoms with Gasteiger partial charge in [0, 0.05) is 15.6 Å². The molecule has 1 N–H and O–H groups in total. The van der Waals surface area contributed by atoms with Gasteiger partial charge in [-0.15, -0.1) is 0 Å². The number of halogens is 1. The maximum atomic E-state index is 12.9. The van der Waals surface area contributed by atoms with Crippen molar-refractivity contribution in [1.82, 2.24) is 4.98 Å². The van der Waals surface area contributed by atoms with Crippen molar-refractivity contribution < 1.29 is 14.6 Å². The van der Waals surface area contributed by atoms with Crippen LogP contribution in [0.2, 0.25) is 0 Å². The fourth-order valence-electron chi connectivity index (χ4n) is 4.57. The number of fused-ring (bicyclic) bond motifs is 1. The van der Waals surface area contributed by atoms with Crippen LogP contribution in [-0.4, -0.2) is 22.6 Å². The summed E-state index contributed by atoms with van der Waals surface area (Å²) in [5, 5.41) is 9.80. The first-order valence-corrected chi connectivity index (χ1v) is 13.0. The van der Waals surface area contributed by atoms with E-state index < -0.39 is 0 Å². The highest BCUT2D eigenvalue weighted by atomic mass is 79.9. The summed E-state index contributed by atoms with van der Waals surface area (Å²) in [6.45, 7) is 0.478. The Morgan fingerprint density at radius 1 is 0.763 bits per heavy atom. The summed E-state index contributed by atoms with van der Waals surface area (Å²) in [5.41, 5.74) is 7.16. The molecule has 5 aromatic rings. The van der Waals surface area contributed by atoms with Gasteiger partial charge in [-0.25, -0.2) is 4.98 Å². The predicted molar refractivity (Wildman–Crippen MR) is 153 cm³/mol.